The van der Waals surface area contributed by atoms with Crippen molar-refractivity contribution >= 4 is 17.4 Å². The molecule has 4 nitrogen and oxygen atoms in total. The van der Waals surface area contributed by atoms with E-state index in [1.54, 1.807) is 6.07 Å². The fourth-order valence-corrected chi connectivity index (χ4v) is 2.39. The summed E-state index contributed by atoms with van der Waals surface area (Å²) >= 11 is 0. The molecular formula is C12H12N2O2. The first-order chi connectivity index (χ1) is 7.66. The van der Waals surface area contributed by atoms with E-state index < -0.39 is 11.7 Å². The summed E-state index contributed by atoms with van der Waals surface area (Å²) < 4.78 is 0. The molecule has 1 aromatic rings. The van der Waals surface area contributed by atoms with Crippen molar-refractivity contribution < 1.29 is 9.59 Å². The van der Waals surface area contributed by atoms with E-state index in [1.165, 1.54) is 5.56 Å². The third-order valence-electron chi connectivity index (χ3n) is 3.29. The standard InChI is InChI=1S/C12H12N2O2/c1-14-5-4-7-2-3-8-10(9(7)6-14)13-12(16)11(8)15/h2-3H,4-6H2,1H3,(H,13,15,16). The second-order valence-corrected chi connectivity index (χ2v) is 4.40. The molecule has 0 saturated heterocycles. The normalized spacial score (nSPS) is 19.3. The van der Waals surface area contributed by atoms with E-state index in [1.807, 2.05) is 13.1 Å². The third kappa shape index (κ3) is 1.20. The van der Waals surface area contributed by atoms with E-state index >= 15 is 0 Å². The van der Waals surface area contributed by atoms with Crippen LogP contribution in [0.3, 0.4) is 0 Å². The molecule has 1 amide bonds. The minimum atomic E-state index is -0.503. The number of carbonyl (C=O) groups is 2. The molecule has 1 aromatic carbocycles. The van der Waals surface area contributed by atoms with Gasteiger partial charge in [0.15, 0.2) is 0 Å². The maximum Gasteiger partial charge on any atom is 0.296 e. The number of amides is 1. The smallest absolute Gasteiger partial charge is 0.296 e. The molecule has 0 aliphatic carbocycles. The molecule has 0 aromatic heterocycles. The summed E-state index contributed by atoms with van der Waals surface area (Å²) in [5, 5.41) is 2.68. The molecule has 0 bridgehead atoms. The topological polar surface area (TPSA) is 49.4 Å². The summed E-state index contributed by atoms with van der Waals surface area (Å²) in [6, 6.07) is 3.74. The first-order valence-electron chi connectivity index (χ1n) is 5.36. The third-order valence-corrected chi connectivity index (χ3v) is 3.29. The number of hydrogen-bond donors (Lipinski definition) is 1. The predicted octanol–water partition coefficient (Wildman–Crippen LogP) is 0.809. The number of hydrogen-bond acceptors (Lipinski definition) is 3. The van der Waals surface area contributed by atoms with Gasteiger partial charge in [0.05, 0.1) is 11.3 Å². The molecule has 0 spiro atoms. The van der Waals surface area contributed by atoms with Crippen molar-refractivity contribution in [1.29, 1.82) is 0 Å². The van der Waals surface area contributed by atoms with Crippen molar-refractivity contribution in [1.82, 2.24) is 4.90 Å². The summed E-state index contributed by atoms with van der Waals surface area (Å²) in [5.74, 6) is -0.914. The van der Waals surface area contributed by atoms with Gasteiger partial charge in [-0.2, -0.15) is 0 Å². The Kier molecular flexibility index (Phi) is 1.88. The fraction of sp³-hybridized carbons (Fsp3) is 0.333. The summed E-state index contributed by atoms with van der Waals surface area (Å²) in [5.41, 5.74) is 3.61. The van der Waals surface area contributed by atoms with Crippen LogP contribution >= 0.6 is 0 Å². The van der Waals surface area contributed by atoms with E-state index in [9.17, 15) is 9.59 Å². The molecular weight excluding hydrogens is 204 g/mol. The number of nitrogens with one attached hydrogen (secondary N) is 1. The summed E-state index contributed by atoms with van der Waals surface area (Å²) in [7, 11) is 2.04. The lowest BCUT2D eigenvalue weighted by Gasteiger charge is -2.26. The highest BCUT2D eigenvalue weighted by Crippen LogP contribution is 2.32. The first-order valence-corrected chi connectivity index (χ1v) is 5.36. The summed E-state index contributed by atoms with van der Waals surface area (Å²) in [6.07, 6.45) is 0.975. The Labute approximate surface area is 93.2 Å². The van der Waals surface area contributed by atoms with Gasteiger partial charge >= 0.3 is 0 Å². The van der Waals surface area contributed by atoms with Crippen LogP contribution in [0.2, 0.25) is 0 Å². The van der Waals surface area contributed by atoms with Crippen molar-refractivity contribution in [3.05, 3.63) is 28.8 Å². The average Bonchev–Trinajstić information content (AvgIpc) is 2.56. The van der Waals surface area contributed by atoms with Crippen LogP contribution in [0.25, 0.3) is 0 Å². The number of Topliss-reactive ketones (excluding diaryl/α,β-unsaturated/α-hetero) is 1. The lowest BCUT2D eigenvalue weighted by atomic mass is 9.95. The molecule has 2 aliphatic rings. The second-order valence-electron chi connectivity index (χ2n) is 4.40. The van der Waals surface area contributed by atoms with Gasteiger partial charge in [-0.15, -0.1) is 0 Å². The number of ketones is 1. The Morgan fingerprint density at radius 1 is 1.31 bits per heavy atom. The van der Waals surface area contributed by atoms with Crippen LogP contribution in [0.15, 0.2) is 12.1 Å². The van der Waals surface area contributed by atoms with E-state index in [2.05, 4.69) is 10.2 Å². The quantitative estimate of drug-likeness (QED) is 0.653. The number of rotatable bonds is 0. The summed E-state index contributed by atoms with van der Waals surface area (Å²) in [6.45, 7) is 1.82. The average molecular weight is 216 g/mol. The maximum atomic E-state index is 11.5. The van der Waals surface area contributed by atoms with Crippen LogP contribution in [-0.4, -0.2) is 30.2 Å². The van der Waals surface area contributed by atoms with Crippen LogP contribution in [0, 0.1) is 0 Å². The van der Waals surface area contributed by atoms with E-state index in [0.717, 1.165) is 30.8 Å². The van der Waals surface area contributed by atoms with Gasteiger partial charge in [-0.3, -0.25) is 9.59 Å². The Hall–Kier alpha value is -1.68. The maximum absolute atomic E-state index is 11.5. The lowest BCUT2D eigenvalue weighted by molar-refractivity contribution is -0.112. The minimum Gasteiger partial charge on any atom is -0.318 e. The Morgan fingerprint density at radius 2 is 2.12 bits per heavy atom. The SMILES string of the molecule is CN1CCc2ccc3c(c2C1)NC(=O)C3=O. The van der Waals surface area contributed by atoms with Gasteiger partial charge < -0.3 is 10.2 Å². The van der Waals surface area contributed by atoms with Crippen molar-refractivity contribution in [2.24, 2.45) is 0 Å². The van der Waals surface area contributed by atoms with Crippen LogP contribution in [0.5, 0.6) is 0 Å². The molecule has 0 atom stereocenters. The highest BCUT2D eigenvalue weighted by molar-refractivity contribution is 6.51. The zero-order valence-corrected chi connectivity index (χ0v) is 9.04. The van der Waals surface area contributed by atoms with Crippen molar-refractivity contribution in [2.75, 3.05) is 18.9 Å². The van der Waals surface area contributed by atoms with Gasteiger partial charge in [-0.25, -0.2) is 0 Å². The lowest BCUT2D eigenvalue weighted by Crippen LogP contribution is -2.27. The molecule has 82 valence electrons. The van der Waals surface area contributed by atoms with Crippen molar-refractivity contribution in [3.63, 3.8) is 0 Å². The van der Waals surface area contributed by atoms with Crippen molar-refractivity contribution in [2.45, 2.75) is 13.0 Å². The molecule has 2 heterocycles. The van der Waals surface area contributed by atoms with E-state index in [4.69, 9.17) is 0 Å². The molecule has 4 heteroatoms. The van der Waals surface area contributed by atoms with Crippen LogP contribution < -0.4 is 5.32 Å². The van der Waals surface area contributed by atoms with Gasteiger partial charge in [-0.05, 0) is 30.7 Å². The Morgan fingerprint density at radius 3 is 2.94 bits per heavy atom. The molecule has 0 unspecified atom stereocenters. The van der Waals surface area contributed by atoms with E-state index in [0.29, 0.717) is 5.56 Å². The van der Waals surface area contributed by atoms with Crippen LogP contribution in [-0.2, 0) is 17.8 Å². The molecule has 0 fully saturated rings. The second kappa shape index (κ2) is 3.15. The molecule has 2 aliphatic heterocycles. The van der Waals surface area contributed by atoms with Crippen molar-refractivity contribution in [3.8, 4) is 0 Å². The number of fused-ring (bicyclic) bond motifs is 3. The molecule has 16 heavy (non-hydrogen) atoms. The molecule has 0 saturated carbocycles. The minimum absolute atomic E-state index is 0.411. The first kappa shape index (κ1) is 9.54. The van der Waals surface area contributed by atoms with Crippen LogP contribution in [0.1, 0.15) is 21.5 Å². The largest absolute Gasteiger partial charge is 0.318 e. The number of nitrogens with zero attached hydrogens (tertiary/aromatic N) is 1. The molecule has 0 radical (unpaired) electrons. The predicted molar refractivity (Wildman–Crippen MR) is 59.4 cm³/mol. The Bertz CT molecular complexity index is 508. The highest BCUT2D eigenvalue weighted by Gasteiger charge is 2.32. The van der Waals surface area contributed by atoms with Gasteiger partial charge in [-0.1, -0.05) is 6.07 Å². The fourth-order valence-electron chi connectivity index (χ4n) is 2.39. The zero-order valence-electron chi connectivity index (χ0n) is 9.04. The van der Waals surface area contributed by atoms with Gasteiger partial charge in [0, 0.05) is 13.1 Å². The number of anilines is 1. The monoisotopic (exact) mass is 216 g/mol. The molecule has 1 N–H and O–H groups in total. The van der Waals surface area contributed by atoms with Gasteiger partial charge in [0.25, 0.3) is 11.7 Å². The van der Waals surface area contributed by atoms with E-state index in [-0.39, 0.29) is 0 Å². The molecule has 3 rings (SSSR count). The Balaban J connectivity index is 2.17. The van der Waals surface area contributed by atoms with Crippen LogP contribution in [0.4, 0.5) is 5.69 Å². The van der Waals surface area contributed by atoms with Gasteiger partial charge in [0.1, 0.15) is 0 Å². The van der Waals surface area contributed by atoms with Gasteiger partial charge in [0.2, 0.25) is 0 Å². The number of carbonyl (C=O) groups excluding carboxylic acids is 2. The summed E-state index contributed by atoms with van der Waals surface area (Å²) in [4.78, 5) is 25.1. The number of benzene rings is 1. The zero-order chi connectivity index (χ0) is 11.3. The highest BCUT2D eigenvalue weighted by atomic mass is 16.2. The number of likely N-dealkylation sites (N-methyl/N-ethyl adjacent to an activating group) is 1.